The number of morpholine rings is 1. The molecule has 1 heterocycles. The van der Waals surface area contributed by atoms with Gasteiger partial charge in [-0.05, 0) is 24.3 Å². The number of sulfonamides is 1. The molecule has 0 aromatic heterocycles. The van der Waals surface area contributed by atoms with Crippen LogP contribution in [0.15, 0.2) is 47.4 Å². The Morgan fingerprint density at radius 2 is 1.89 bits per heavy atom. The summed E-state index contributed by atoms with van der Waals surface area (Å²) in [5, 5.41) is 13.4. The van der Waals surface area contributed by atoms with E-state index in [2.05, 4.69) is 5.32 Å². The van der Waals surface area contributed by atoms with Gasteiger partial charge in [0.25, 0.3) is 11.6 Å². The Labute approximate surface area is 166 Å². The van der Waals surface area contributed by atoms with Gasteiger partial charge in [0.05, 0.1) is 33.6 Å². The maximum Gasteiger partial charge on any atom is 0.271 e. The first-order chi connectivity index (χ1) is 13.3. The summed E-state index contributed by atoms with van der Waals surface area (Å²) in [6, 6.07) is 9.24. The maximum atomic E-state index is 12.8. The quantitative estimate of drug-likeness (QED) is 0.580. The Balaban J connectivity index is 1.88. The van der Waals surface area contributed by atoms with Gasteiger partial charge in [-0.1, -0.05) is 17.7 Å². The van der Waals surface area contributed by atoms with E-state index in [1.54, 1.807) is 0 Å². The zero-order valence-corrected chi connectivity index (χ0v) is 16.1. The predicted molar refractivity (Wildman–Crippen MR) is 102 cm³/mol. The number of nitrogens with one attached hydrogen (secondary N) is 1. The van der Waals surface area contributed by atoms with Gasteiger partial charge in [0, 0.05) is 30.9 Å². The maximum absolute atomic E-state index is 12.8. The molecule has 0 atom stereocenters. The summed E-state index contributed by atoms with van der Waals surface area (Å²) in [4.78, 5) is 22.8. The van der Waals surface area contributed by atoms with Crippen molar-refractivity contribution in [2.24, 2.45) is 0 Å². The van der Waals surface area contributed by atoms with E-state index in [-0.39, 0.29) is 39.9 Å². The van der Waals surface area contributed by atoms with Crippen LogP contribution in [0, 0.1) is 10.1 Å². The molecule has 0 aliphatic carbocycles. The molecule has 3 rings (SSSR count). The van der Waals surface area contributed by atoms with Gasteiger partial charge in [0.15, 0.2) is 0 Å². The Bertz CT molecular complexity index is 1020. The van der Waals surface area contributed by atoms with Crippen LogP contribution in [0.2, 0.25) is 5.02 Å². The minimum atomic E-state index is -3.80. The van der Waals surface area contributed by atoms with Gasteiger partial charge in [0.2, 0.25) is 10.0 Å². The molecule has 0 spiro atoms. The number of nitro groups is 1. The molecule has 2 aromatic carbocycles. The standard InChI is InChI=1S/C17H16ClN3O6S/c18-16-5-4-14(28(25,26)20-6-8-27-9-7-20)11-15(16)17(22)19-12-2-1-3-13(10-12)21(23)24/h1-5,10-11H,6-9H2,(H,19,22). The summed E-state index contributed by atoms with van der Waals surface area (Å²) >= 11 is 6.08. The van der Waals surface area contributed by atoms with E-state index in [0.717, 1.165) is 0 Å². The summed E-state index contributed by atoms with van der Waals surface area (Å²) in [6.07, 6.45) is 0. The molecule has 11 heteroatoms. The number of rotatable bonds is 5. The highest BCUT2D eigenvalue weighted by Gasteiger charge is 2.27. The van der Waals surface area contributed by atoms with Crippen molar-refractivity contribution in [3.63, 3.8) is 0 Å². The largest absolute Gasteiger partial charge is 0.379 e. The number of hydrogen-bond donors (Lipinski definition) is 1. The molecule has 1 N–H and O–H groups in total. The second-order valence-corrected chi connectivity index (χ2v) is 8.26. The Morgan fingerprint density at radius 3 is 2.57 bits per heavy atom. The van der Waals surface area contributed by atoms with E-state index in [0.29, 0.717) is 13.2 Å². The van der Waals surface area contributed by atoms with Gasteiger partial charge < -0.3 is 10.1 Å². The number of ether oxygens (including phenoxy) is 1. The van der Waals surface area contributed by atoms with E-state index < -0.39 is 20.9 Å². The Morgan fingerprint density at radius 1 is 1.18 bits per heavy atom. The number of benzene rings is 2. The van der Waals surface area contributed by atoms with E-state index in [4.69, 9.17) is 16.3 Å². The van der Waals surface area contributed by atoms with Gasteiger partial charge in [-0.2, -0.15) is 4.31 Å². The normalized spacial score (nSPS) is 15.2. The molecule has 0 saturated carbocycles. The van der Waals surface area contributed by atoms with Crippen molar-refractivity contribution in [3.8, 4) is 0 Å². The van der Waals surface area contributed by atoms with Crippen LogP contribution in [0.25, 0.3) is 0 Å². The number of carbonyl (C=O) groups excluding carboxylic acids is 1. The van der Waals surface area contributed by atoms with Crippen LogP contribution in [0.1, 0.15) is 10.4 Å². The van der Waals surface area contributed by atoms with Gasteiger partial charge in [-0.15, -0.1) is 0 Å². The van der Waals surface area contributed by atoms with Crippen LogP contribution >= 0.6 is 11.6 Å². The summed E-state index contributed by atoms with van der Waals surface area (Å²) < 4.78 is 32.0. The predicted octanol–water partition coefficient (Wildman–Crippen LogP) is 2.52. The minimum Gasteiger partial charge on any atom is -0.379 e. The van der Waals surface area contributed by atoms with Crippen molar-refractivity contribution in [3.05, 3.63) is 63.2 Å². The third kappa shape index (κ3) is 4.30. The van der Waals surface area contributed by atoms with Gasteiger partial charge in [-0.25, -0.2) is 8.42 Å². The lowest BCUT2D eigenvalue weighted by Crippen LogP contribution is -2.40. The molecule has 1 amide bonds. The number of carbonyl (C=O) groups is 1. The number of nitrogens with zero attached hydrogens (tertiary/aromatic N) is 2. The fraction of sp³-hybridized carbons (Fsp3) is 0.235. The Kier molecular flexibility index (Phi) is 5.94. The van der Waals surface area contributed by atoms with Gasteiger partial charge in [-0.3, -0.25) is 14.9 Å². The van der Waals surface area contributed by atoms with Gasteiger partial charge in [0.1, 0.15) is 0 Å². The lowest BCUT2D eigenvalue weighted by molar-refractivity contribution is -0.384. The van der Waals surface area contributed by atoms with Gasteiger partial charge >= 0.3 is 0 Å². The number of nitro benzene ring substituents is 1. The fourth-order valence-corrected chi connectivity index (χ4v) is 4.31. The average Bonchev–Trinajstić information content (AvgIpc) is 2.69. The summed E-state index contributed by atoms with van der Waals surface area (Å²) in [5.41, 5.74) is -0.0493. The third-order valence-electron chi connectivity index (χ3n) is 4.11. The van der Waals surface area contributed by atoms with E-state index in [9.17, 15) is 23.3 Å². The lowest BCUT2D eigenvalue weighted by Gasteiger charge is -2.26. The van der Waals surface area contributed by atoms with Crippen molar-refractivity contribution >= 4 is 38.9 Å². The smallest absolute Gasteiger partial charge is 0.271 e. The second-order valence-electron chi connectivity index (χ2n) is 5.92. The topological polar surface area (TPSA) is 119 Å². The minimum absolute atomic E-state index is 0.0532. The number of halogens is 1. The molecule has 1 aliphatic heterocycles. The molecule has 0 bridgehead atoms. The van der Waals surface area contributed by atoms with Crippen molar-refractivity contribution in [2.45, 2.75) is 4.90 Å². The molecule has 28 heavy (non-hydrogen) atoms. The summed E-state index contributed by atoms with van der Waals surface area (Å²) in [5.74, 6) is -0.676. The average molecular weight is 426 g/mol. The van der Waals surface area contributed by atoms with Crippen LogP contribution < -0.4 is 5.32 Å². The van der Waals surface area contributed by atoms with Crippen LogP contribution in [-0.2, 0) is 14.8 Å². The SMILES string of the molecule is O=C(Nc1cccc([N+](=O)[O-])c1)c1cc(S(=O)(=O)N2CCOCC2)ccc1Cl. The first-order valence-corrected chi connectivity index (χ1v) is 10.0. The van der Waals surface area contributed by atoms with Crippen molar-refractivity contribution < 1.29 is 22.9 Å². The molecular weight excluding hydrogens is 410 g/mol. The van der Waals surface area contributed by atoms with Crippen molar-refractivity contribution in [1.82, 2.24) is 4.31 Å². The molecule has 1 fully saturated rings. The number of non-ortho nitro benzene ring substituents is 1. The Hall–Kier alpha value is -2.53. The summed E-state index contributed by atoms with van der Waals surface area (Å²) in [6.45, 7) is 1.04. The monoisotopic (exact) mass is 425 g/mol. The highest BCUT2D eigenvalue weighted by molar-refractivity contribution is 7.89. The second kappa shape index (κ2) is 8.23. The van der Waals surface area contributed by atoms with Crippen LogP contribution in [0.3, 0.4) is 0 Å². The highest BCUT2D eigenvalue weighted by atomic mass is 35.5. The third-order valence-corrected chi connectivity index (χ3v) is 6.33. The molecule has 0 unspecified atom stereocenters. The van der Waals surface area contributed by atoms with E-state index in [1.807, 2.05) is 0 Å². The number of hydrogen-bond acceptors (Lipinski definition) is 6. The molecular formula is C17H16ClN3O6S. The van der Waals surface area contributed by atoms with Crippen LogP contribution in [0.4, 0.5) is 11.4 Å². The molecule has 1 saturated heterocycles. The molecule has 1 aliphatic rings. The van der Waals surface area contributed by atoms with Crippen molar-refractivity contribution in [1.29, 1.82) is 0 Å². The zero-order valence-electron chi connectivity index (χ0n) is 14.5. The first-order valence-electron chi connectivity index (χ1n) is 8.22. The molecule has 148 valence electrons. The molecule has 9 nitrogen and oxygen atoms in total. The number of amides is 1. The lowest BCUT2D eigenvalue weighted by atomic mass is 10.2. The zero-order chi connectivity index (χ0) is 20.3. The summed E-state index contributed by atoms with van der Waals surface area (Å²) in [7, 11) is -3.80. The number of anilines is 1. The van der Waals surface area contributed by atoms with Crippen molar-refractivity contribution in [2.75, 3.05) is 31.6 Å². The molecule has 2 aromatic rings. The van der Waals surface area contributed by atoms with E-state index in [1.165, 1.54) is 46.8 Å². The fourth-order valence-electron chi connectivity index (χ4n) is 2.67. The van der Waals surface area contributed by atoms with Crippen LogP contribution in [-0.4, -0.2) is 49.9 Å². The highest BCUT2D eigenvalue weighted by Crippen LogP contribution is 2.25. The van der Waals surface area contributed by atoms with Crippen LogP contribution in [0.5, 0.6) is 0 Å². The molecule has 0 radical (unpaired) electrons. The first kappa shape index (κ1) is 20.2. The van der Waals surface area contributed by atoms with E-state index >= 15 is 0 Å².